The third-order valence-electron chi connectivity index (χ3n) is 3.69. The summed E-state index contributed by atoms with van der Waals surface area (Å²) in [6, 6.07) is 8.37. The molecule has 7 heteroatoms. The summed E-state index contributed by atoms with van der Waals surface area (Å²) in [5, 5.41) is 5.68. The van der Waals surface area contributed by atoms with Gasteiger partial charge in [0, 0.05) is 12.1 Å². The molecule has 0 aromatic heterocycles. The summed E-state index contributed by atoms with van der Waals surface area (Å²) in [6.45, 7) is 1.74. The van der Waals surface area contributed by atoms with E-state index in [0.717, 1.165) is 12.1 Å². The molecule has 1 amide bonds. The summed E-state index contributed by atoms with van der Waals surface area (Å²) < 4.78 is 36.6. The molecule has 25 heavy (non-hydrogen) atoms. The first kappa shape index (κ1) is 18.7. The lowest BCUT2D eigenvalue weighted by molar-refractivity contribution is -0.115. The van der Waals surface area contributed by atoms with E-state index in [2.05, 4.69) is 10.6 Å². The van der Waals surface area contributed by atoms with Crippen molar-refractivity contribution in [3.63, 3.8) is 0 Å². The fourth-order valence-electron chi connectivity index (χ4n) is 2.25. The summed E-state index contributed by atoms with van der Waals surface area (Å²) in [5.74, 6) is -1.04. The van der Waals surface area contributed by atoms with Crippen LogP contribution in [0.5, 0.6) is 11.5 Å². The van der Waals surface area contributed by atoms with Gasteiger partial charge in [0.25, 0.3) is 0 Å². The van der Waals surface area contributed by atoms with Crippen molar-refractivity contribution in [3.05, 3.63) is 53.6 Å². The fourth-order valence-corrected chi connectivity index (χ4v) is 2.25. The van der Waals surface area contributed by atoms with Gasteiger partial charge in [0.05, 0.1) is 26.5 Å². The largest absolute Gasteiger partial charge is 0.497 e. The van der Waals surface area contributed by atoms with Gasteiger partial charge in [-0.3, -0.25) is 4.79 Å². The van der Waals surface area contributed by atoms with Crippen molar-refractivity contribution in [2.45, 2.75) is 13.0 Å². The predicted molar refractivity (Wildman–Crippen MR) is 91.0 cm³/mol. The molecule has 0 aliphatic rings. The molecule has 0 fully saturated rings. The first-order valence-electron chi connectivity index (χ1n) is 7.64. The average Bonchev–Trinajstić information content (AvgIpc) is 2.61. The number of rotatable bonds is 7. The summed E-state index contributed by atoms with van der Waals surface area (Å²) in [5.41, 5.74) is 1.03. The first-order valence-corrected chi connectivity index (χ1v) is 7.64. The van der Waals surface area contributed by atoms with Crippen LogP contribution in [-0.2, 0) is 4.79 Å². The highest BCUT2D eigenvalue weighted by atomic mass is 19.2. The molecule has 0 spiro atoms. The van der Waals surface area contributed by atoms with Gasteiger partial charge in [-0.1, -0.05) is 6.07 Å². The Kier molecular flexibility index (Phi) is 6.30. The van der Waals surface area contributed by atoms with Crippen molar-refractivity contribution < 1.29 is 23.0 Å². The maximum absolute atomic E-state index is 13.3. The quantitative estimate of drug-likeness (QED) is 0.805. The molecule has 0 radical (unpaired) electrons. The van der Waals surface area contributed by atoms with Crippen LogP contribution in [0.2, 0.25) is 0 Å². The second-order valence-corrected chi connectivity index (χ2v) is 5.39. The number of methoxy groups -OCH3 is 2. The van der Waals surface area contributed by atoms with Gasteiger partial charge in [0.1, 0.15) is 11.5 Å². The van der Waals surface area contributed by atoms with E-state index in [1.165, 1.54) is 20.3 Å². The number of hydrogen-bond acceptors (Lipinski definition) is 4. The van der Waals surface area contributed by atoms with E-state index in [1.807, 2.05) is 0 Å². The normalized spacial score (nSPS) is 11.7. The van der Waals surface area contributed by atoms with Gasteiger partial charge >= 0.3 is 0 Å². The Morgan fingerprint density at radius 1 is 1.08 bits per heavy atom. The van der Waals surface area contributed by atoms with Crippen molar-refractivity contribution in [3.8, 4) is 11.5 Å². The van der Waals surface area contributed by atoms with E-state index in [0.29, 0.717) is 22.7 Å². The van der Waals surface area contributed by atoms with E-state index in [4.69, 9.17) is 9.47 Å². The maximum atomic E-state index is 13.3. The lowest BCUT2D eigenvalue weighted by atomic mass is 10.1. The zero-order valence-corrected chi connectivity index (χ0v) is 14.2. The Morgan fingerprint density at radius 2 is 1.84 bits per heavy atom. The molecule has 2 rings (SSSR count). The molecule has 5 nitrogen and oxygen atoms in total. The van der Waals surface area contributed by atoms with E-state index >= 15 is 0 Å². The number of carbonyl (C=O) groups excluding carboxylic acids is 1. The van der Waals surface area contributed by atoms with Crippen molar-refractivity contribution in [2.75, 3.05) is 26.1 Å². The number of halogens is 2. The van der Waals surface area contributed by atoms with Gasteiger partial charge in [-0.2, -0.15) is 0 Å². The standard InChI is InChI=1S/C18H20F2N2O3/c1-11(12-4-6-14(19)15(20)8-12)21-10-18(23)22-16-9-13(24-2)5-7-17(16)25-3/h4-9,11,21H,10H2,1-3H3,(H,22,23)/t11-/m0/s1. The van der Waals surface area contributed by atoms with Crippen molar-refractivity contribution in [1.29, 1.82) is 0 Å². The number of anilines is 1. The van der Waals surface area contributed by atoms with Gasteiger partial charge in [-0.05, 0) is 36.8 Å². The molecule has 2 aromatic carbocycles. The SMILES string of the molecule is COc1ccc(OC)c(NC(=O)CN[C@@H](C)c2ccc(F)c(F)c2)c1. The van der Waals surface area contributed by atoms with E-state index in [-0.39, 0.29) is 18.5 Å². The third kappa shape index (κ3) is 4.90. The summed E-state index contributed by atoms with van der Waals surface area (Å²) in [7, 11) is 3.03. The molecule has 134 valence electrons. The Labute approximate surface area is 144 Å². The third-order valence-corrected chi connectivity index (χ3v) is 3.69. The second kappa shape index (κ2) is 8.43. The molecule has 0 bridgehead atoms. The lowest BCUT2D eigenvalue weighted by Gasteiger charge is -2.15. The maximum Gasteiger partial charge on any atom is 0.238 e. The van der Waals surface area contributed by atoms with Crippen molar-refractivity contribution in [1.82, 2.24) is 5.32 Å². The summed E-state index contributed by atoms with van der Waals surface area (Å²) >= 11 is 0. The molecule has 2 N–H and O–H groups in total. The number of hydrogen-bond donors (Lipinski definition) is 2. The number of ether oxygens (including phenoxy) is 2. The van der Waals surface area contributed by atoms with Gasteiger partial charge < -0.3 is 20.1 Å². The highest BCUT2D eigenvalue weighted by Crippen LogP contribution is 2.28. The molecule has 0 saturated carbocycles. The number of amides is 1. The lowest BCUT2D eigenvalue weighted by Crippen LogP contribution is -2.30. The molecule has 0 heterocycles. The van der Waals surface area contributed by atoms with Gasteiger partial charge in [-0.25, -0.2) is 8.78 Å². The topological polar surface area (TPSA) is 59.6 Å². The zero-order valence-electron chi connectivity index (χ0n) is 14.2. The van der Waals surface area contributed by atoms with Crippen LogP contribution in [0, 0.1) is 11.6 Å². The Hall–Kier alpha value is -2.67. The summed E-state index contributed by atoms with van der Waals surface area (Å²) in [4.78, 5) is 12.1. The monoisotopic (exact) mass is 350 g/mol. The van der Waals surface area contributed by atoms with Crippen molar-refractivity contribution in [2.24, 2.45) is 0 Å². The van der Waals surface area contributed by atoms with Crippen molar-refractivity contribution >= 4 is 11.6 Å². The van der Waals surface area contributed by atoms with E-state index < -0.39 is 11.6 Å². The zero-order chi connectivity index (χ0) is 18.4. The van der Waals surface area contributed by atoms with Gasteiger partial charge in [0.2, 0.25) is 5.91 Å². The molecule has 0 aliphatic heterocycles. The Bertz CT molecular complexity index is 753. The molecular weight excluding hydrogens is 330 g/mol. The minimum atomic E-state index is -0.920. The minimum Gasteiger partial charge on any atom is -0.497 e. The van der Waals surface area contributed by atoms with Gasteiger partial charge in [-0.15, -0.1) is 0 Å². The molecule has 2 aromatic rings. The van der Waals surface area contributed by atoms with Crippen LogP contribution in [0.3, 0.4) is 0 Å². The highest BCUT2D eigenvalue weighted by molar-refractivity contribution is 5.94. The number of carbonyl (C=O) groups is 1. The first-order chi connectivity index (χ1) is 11.9. The molecule has 1 atom stereocenters. The van der Waals surface area contributed by atoms with E-state index in [9.17, 15) is 13.6 Å². The molecular formula is C18H20F2N2O3. The van der Waals surface area contributed by atoms with Crippen LogP contribution in [0.25, 0.3) is 0 Å². The van der Waals surface area contributed by atoms with Crippen LogP contribution in [0.1, 0.15) is 18.5 Å². The number of nitrogens with one attached hydrogen (secondary N) is 2. The second-order valence-electron chi connectivity index (χ2n) is 5.39. The smallest absolute Gasteiger partial charge is 0.238 e. The average molecular weight is 350 g/mol. The number of benzene rings is 2. The minimum absolute atomic E-state index is 0.0134. The van der Waals surface area contributed by atoms with Crippen LogP contribution < -0.4 is 20.1 Å². The highest BCUT2D eigenvalue weighted by Gasteiger charge is 2.12. The van der Waals surface area contributed by atoms with Crippen LogP contribution in [0.4, 0.5) is 14.5 Å². The molecule has 0 unspecified atom stereocenters. The van der Waals surface area contributed by atoms with Crippen LogP contribution in [0.15, 0.2) is 36.4 Å². The van der Waals surface area contributed by atoms with Crippen LogP contribution >= 0.6 is 0 Å². The Balaban J connectivity index is 1.97. The Morgan fingerprint density at radius 3 is 2.48 bits per heavy atom. The predicted octanol–water partition coefficient (Wildman–Crippen LogP) is 3.27. The van der Waals surface area contributed by atoms with Crippen LogP contribution in [-0.4, -0.2) is 26.7 Å². The van der Waals surface area contributed by atoms with E-state index in [1.54, 1.807) is 25.1 Å². The summed E-state index contributed by atoms with van der Waals surface area (Å²) in [6.07, 6.45) is 0. The molecule has 0 saturated heterocycles. The van der Waals surface area contributed by atoms with Gasteiger partial charge in [0.15, 0.2) is 11.6 Å². The molecule has 0 aliphatic carbocycles. The fraction of sp³-hybridized carbons (Fsp3) is 0.278.